The number of hydrogen-bond acceptors (Lipinski definition) is 5. The largest absolute Gasteiger partial charge is 0.464 e. The number of carbonyl (C=O) groups is 1. The van der Waals surface area contributed by atoms with Gasteiger partial charge in [-0.05, 0) is 6.07 Å². The zero-order valence-electron chi connectivity index (χ0n) is 10.2. The first-order chi connectivity index (χ1) is 9.51. The molecule has 0 unspecified atom stereocenters. The highest BCUT2D eigenvalue weighted by atomic mass is 35.5. The summed E-state index contributed by atoms with van der Waals surface area (Å²) >= 11 is 5.73. The molecule has 2 rings (SSSR count). The lowest BCUT2D eigenvalue weighted by Crippen LogP contribution is -2.07. The van der Waals surface area contributed by atoms with Crippen LogP contribution >= 0.6 is 11.6 Å². The molecule has 0 fully saturated rings. The summed E-state index contributed by atoms with van der Waals surface area (Å²) in [7, 11) is 1.20. The standard InChI is InChI=1S/C12H8ClF2N3O2/c1-20-12(19)9-4-16-5-10(17-9)18-11-7(13)2-6(14)3-8(11)15/h2-5H,1H3,(H,17,18). The SMILES string of the molecule is COC(=O)c1cncc(Nc2c(F)cc(F)cc2Cl)n1. The van der Waals surface area contributed by atoms with Gasteiger partial charge < -0.3 is 10.1 Å². The van der Waals surface area contributed by atoms with Crippen molar-refractivity contribution >= 4 is 29.1 Å². The number of methoxy groups -OCH3 is 1. The molecule has 2 aromatic rings. The third-order valence-corrected chi connectivity index (χ3v) is 2.59. The van der Waals surface area contributed by atoms with E-state index in [1.807, 2.05) is 0 Å². The average molecular weight is 300 g/mol. The van der Waals surface area contributed by atoms with E-state index in [1.165, 1.54) is 19.5 Å². The number of rotatable bonds is 3. The molecule has 1 N–H and O–H groups in total. The maximum Gasteiger partial charge on any atom is 0.358 e. The van der Waals surface area contributed by atoms with Crippen LogP contribution in [-0.2, 0) is 4.74 Å². The molecule has 0 radical (unpaired) electrons. The van der Waals surface area contributed by atoms with Gasteiger partial charge in [0.15, 0.2) is 11.5 Å². The number of aromatic nitrogens is 2. The second kappa shape index (κ2) is 5.79. The Hall–Kier alpha value is -2.28. The summed E-state index contributed by atoms with van der Waals surface area (Å²) in [6.45, 7) is 0. The molecule has 0 bridgehead atoms. The first-order valence-corrected chi connectivity index (χ1v) is 5.71. The van der Waals surface area contributed by atoms with Gasteiger partial charge in [-0.1, -0.05) is 11.6 Å². The molecular formula is C12H8ClF2N3O2. The van der Waals surface area contributed by atoms with Crippen LogP contribution in [0.4, 0.5) is 20.3 Å². The van der Waals surface area contributed by atoms with Crippen LogP contribution in [0.15, 0.2) is 24.5 Å². The van der Waals surface area contributed by atoms with Gasteiger partial charge in [0.1, 0.15) is 11.6 Å². The molecule has 8 heteroatoms. The van der Waals surface area contributed by atoms with E-state index in [-0.39, 0.29) is 22.2 Å². The van der Waals surface area contributed by atoms with Crippen molar-refractivity contribution < 1.29 is 18.3 Å². The molecule has 0 amide bonds. The van der Waals surface area contributed by atoms with E-state index in [4.69, 9.17) is 11.6 Å². The minimum absolute atomic E-state index is 0.0591. The summed E-state index contributed by atoms with van der Waals surface area (Å²) < 4.78 is 31.0. The Balaban J connectivity index is 2.33. The topological polar surface area (TPSA) is 64.1 Å². The van der Waals surface area contributed by atoms with Gasteiger partial charge in [0.25, 0.3) is 0 Å². The highest BCUT2D eigenvalue weighted by molar-refractivity contribution is 6.33. The molecule has 1 heterocycles. The van der Waals surface area contributed by atoms with Gasteiger partial charge in [0.2, 0.25) is 0 Å². The van der Waals surface area contributed by atoms with Crippen molar-refractivity contribution in [1.29, 1.82) is 0 Å². The lowest BCUT2D eigenvalue weighted by atomic mass is 10.3. The van der Waals surface area contributed by atoms with Crippen LogP contribution in [0.25, 0.3) is 0 Å². The van der Waals surface area contributed by atoms with Crippen molar-refractivity contribution in [3.8, 4) is 0 Å². The zero-order valence-corrected chi connectivity index (χ0v) is 10.9. The maximum absolute atomic E-state index is 13.6. The minimum atomic E-state index is -0.889. The number of hydrogen-bond donors (Lipinski definition) is 1. The molecule has 0 aliphatic carbocycles. The summed E-state index contributed by atoms with van der Waals surface area (Å²) in [5, 5.41) is 2.37. The van der Waals surface area contributed by atoms with Gasteiger partial charge in [-0.3, -0.25) is 4.98 Å². The normalized spacial score (nSPS) is 10.2. The van der Waals surface area contributed by atoms with E-state index in [2.05, 4.69) is 20.0 Å². The molecule has 0 aliphatic rings. The fraction of sp³-hybridized carbons (Fsp3) is 0.0833. The van der Waals surface area contributed by atoms with E-state index in [0.29, 0.717) is 6.07 Å². The highest BCUT2D eigenvalue weighted by Gasteiger charge is 2.13. The first-order valence-electron chi connectivity index (χ1n) is 5.33. The second-order valence-electron chi connectivity index (χ2n) is 3.65. The maximum atomic E-state index is 13.6. The Kier molecular flexibility index (Phi) is 4.09. The molecule has 5 nitrogen and oxygen atoms in total. The van der Waals surface area contributed by atoms with Gasteiger partial charge in [-0.2, -0.15) is 0 Å². The molecule has 0 atom stereocenters. The number of nitrogens with zero attached hydrogens (tertiary/aromatic N) is 2. The molecular weight excluding hydrogens is 292 g/mol. The molecule has 104 valence electrons. The van der Waals surface area contributed by atoms with Crippen LogP contribution in [0.5, 0.6) is 0 Å². The number of carbonyl (C=O) groups excluding carboxylic acids is 1. The van der Waals surface area contributed by atoms with Crippen LogP contribution in [0.3, 0.4) is 0 Å². The second-order valence-corrected chi connectivity index (χ2v) is 4.06. The average Bonchev–Trinajstić information content (AvgIpc) is 2.42. The van der Waals surface area contributed by atoms with E-state index in [9.17, 15) is 13.6 Å². The van der Waals surface area contributed by atoms with Crippen molar-refractivity contribution in [2.75, 3.05) is 12.4 Å². The Morgan fingerprint density at radius 1 is 1.35 bits per heavy atom. The monoisotopic (exact) mass is 299 g/mol. The summed E-state index contributed by atoms with van der Waals surface area (Å²) in [5.74, 6) is -2.31. The Bertz CT molecular complexity index is 644. The summed E-state index contributed by atoms with van der Waals surface area (Å²) in [6, 6.07) is 1.62. The van der Waals surface area contributed by atoms with Crippen LogP contribution in [0, 0.1) is 11.6 Å². The number of benzene rings is 1. The van der Waals surface area contributed by atoms with Crippen molar-refractivity contribution in [3.63, 3.8) is 0 Å². The lowest BCUT2D eigenvalue weighted by molar-refractivity contribution is 0.0593. The van der Waals surface area contributed by atoms with E-state index in [1.54, 1.807) is 0 Å². The number of esters is 1. The first kappa shape index (κ1) is 14.1. The van der Waals surface area contributed by atoms with Crippen molar-refractivity contribution in [3.05, 3.63) is 46.9 Å². The van der Waals surface area contributed by atoms with Gasteiger partial charge in [-0.15, -0.1) is 0 Å². The number of anilines is 2. The molecule has 0 saturated heterocycles. The summed E-state index contributed by atoms with van der Waals surface area (Å²) in [6.07, 6.45) is 2.45. The van der Waals surface area contributed by atoms with E-state index in [0.717, 1.165) is 6.07 Å². The lowest BCUT2D eigenvalue weighted by Gasteiger charge is -2.09. The van der Waals surface area contributed by atoms with Crippen LogP contribution in [-0.4, -0.2) is 23.0 Å². The number of ether oxygens (including phenoxy) is 1. The van der Waals surface area contributed by atoms with Gasteiger partial charge in [0, 0.05) is 6.07 Å². The Morgan fingerprint density at radius 2 is 2.10 bits per heavy atom. The molecule has 0 saturated carbocycles. The number of halogens is 3. The third kappa shape index (κ3) is 3.00. The van der Waals surface area contributed by atoms with Crippen LogP contribution in [0.2, 0.25) is 5.02 Å². The summed E-state index contributed by atoms with van der Waals surface area (Å²) in [5.41, 5.74) is -0.222. The minimum Gasteiger partial charge on any atom is -0.464 e. The molecule has 0 spiro atoms. The van der Waals surface area contributed by atoms with Crippen LogP contribution in [0.1, 0.15) is 10.5 Å². The fourth-order valence-corrected chi connectivity index (χ4v) is 1.66. The van der Waals surface area contributed by atoms with E-state index < -0.39 is 17.6 Å². The quantitative estimate of drug-likeness (QED) is 0.883. The third-order valence-electron chi connectivity index (χ3n) is 2.29. The van der Waals surface area contributed by atoms with Crippen molar-refractivity contribution in [2.45, 2.75) is 0 Å². The van der Waals surface area contributed by atoms with Gasteiger partial charge in [0.05, 0.1) is 30.2 Å². The van der Waals surface area contributed by atoms with Gasteiger partial charge in [-0.25, -0.2) is 18.6 Å². The molecule has 0 aliphatic heterocycles. The fourth-order valence-electron chi connectivity index (χ4n) is 1.42. The smallest absolute Gasteiger partial charge is 0.358 e. The zero-order chi connectivity index (χ0) is 14.7. The Morgan fingerprint density at radius 3 is 2.75 bits per heavy atom. The highest BCUT2D eigenvalue weighted by Crippen LogP contribution is 2.28. The van der Waals surface area contributed by atoms with Crippen molar-refractivity contribution in [2.24, 2.45) is 0 Å². The predicted octanol–water partition coefficient (Wildman–Crippen LogP) is 2.94. The summed E-state index contributed by atoms with van der Waals surface area (Å²) in [4.78, 5) is 18.9. The van der Waals surface area contributed by atoms with Gasteiger partial charge >= 0.3 is 5.97 Å². The van der Waals surface area contributed by atoms with Crippen LogP contribution < -0.4 is 5.32 Å². The van der Waals surface area contributed by atoms with E-state index >= 15 is 0 Å². The number of nitrogens with one attached hydrogen (secondary N) is 1. The van der Waals surface area contributed by atoms with Crippen molar-refractivity contribution in [1.82, 2.24) is 9.97 Å². The molecule has 1 aromatic heterocycles. The Labute approximate surface area is 117 Å². The predicted molar refractivity (Wildman–Crippen MR) is 68.0 cm³/mol. The molecule has 1 aromatic carbocycles. The molecule has 20 heavy (non-hydrogen) atoms.